The second-order valence-electron chi connectivity index (χ2n) is 8.81. The van der Waals surface area contributed by atoms with Crippen molar-refractivity contribution in [3.63, 3.8) is 0 Å². The van der Waals surface area contributed by atoms with Gasteiger partial charge in [0, 0.05) is 60.0 Å². The minimum Gasteiger partial charge on any atom is -0.358 e. The van der Waals surface area contributed by atoms with Crippen LogP contribution in [0.15, 0.2) is 55.4 Å². The lowest BCUT2D eigenvalue weighted by Crippen LogP contribution is -2.40. The number of fused-ring (bicyclic) bond motifs is 1. The number of aromatic nitrogens is 5. The molecule has 0 saturated carbocycles. The van der Waals surface area contributed by atoms with E-state index in [4.69, 9.17) is 0 Å². The molecule has 1 fully saturated rings. The van der Waals surface area contributed by atoms with Crippen LogP contribution >= 0.6 is 0 Å². The predicted molar refractivity (Wildman–Crippen MR) is 124 cm³/mol. The van der Waals surface area contributed by atoms with Crippen molar-refractivity contribution in [3.05, 3.63) is 66.6 Å². The van der Waals surface area contributed by atoms with Crippen LogP contribution < -0.4 is 0 Å². The molecule has 1 aliphatic rings. The summed E-state index contributed by atoms with van der Waals surface area (Å²) < 4.78 is 1.75. The van der Waals surface area contributed by atoms with Crippen LogP contribution in [0.1, 0.15) is 49.4 Å². The lowest BCUT2D eigenvalue weighted by atomic mass is 9.89. The van der Waals surface area contributed by atoms with Crippen molar-refractivity contribution >= 4 is 16.8 Å². The molecule has 0 radical (unpaired) electrons. The summed E-state index contributed by atoms with van der Waals surface area (Å²) in [5.74, 6) is 0.445. The maximum absolute atomic E-state index is 13.1. The smallest absolute Gasteiger partial charge is 0.224 e. The van der Waals surface area contributed by atoms with Crippen LogP contribution in [0.25, 0.3) is 22.0 Å². The Balaban J connectivity index is 1.44. The third-order valence-corrected chi connectivity index (χ3v) is 6.49. The van der Waals surface area contributed by atoms with Gasteiger partial charge in [0.25, 0.3) is 0 Å². The number of hydrogen-bond acceptors (Lipinski definition) is 4. The molecule has 164 valence electrons. The van der Waals surface area contributed by atoms with Crippen molar-refractivity contribution in [1.82, 2.24) is 29.6 Å². The first-order valence-corrected chi connectivity index (χ1v) is 11.2. The van der Waals surface area contributed by atoms with Gasteiger partial charge in [0.1, 0.15) is 12.7 Å². The Labute approximate surface area is 187 Å². The molecular weight excluding hydrogens is 400 g/mol. The fraction of sp³-hybridized carbons (Fsp3) is 0.360. The SMILES string of the molecule is Cc1ccc2[nH]c([C@@H]3CCCN(C(=O)C[C@H](C)n4cncn4)C3)c(-c3ccncc3)c2c1. The maximum atomic E-state index is 13.1. The lowest BCUT2D eigenvalue weighted by Gasteiger charge is -2.33. The Hall–Kier alpha value is -3.48. The van der Waals surface area contributed by atoms with E-state index in [1.165, 1.54) is 28.5 Å². The van der Waals surface area contributed by atoms with Crippen LogP contribution in [0, 0.1) is 6.92 Å². The van der Waals surface area contributed by atoms with Crippen LogP contribution in [0.3, 0.4) is 0 Å². The van der Waals surface area contributed by atoms with E-state index in [1.807, 2.05) is 24.2 Å². The van der Waals surface area contributed by atoms with Gasteiger partial charge in [-0.05, 0) is 56.5 Å². The predicted octanol–water partition coefficient (Wildman–Crippen LogP) is 4.49. The monoisotopic (exact) mass is 428 g/mol. The zero-order chi connectivity index (χ0) is 22.1. The minimum atomic E-state index is -0.00573. The molecule has 1 aliphatic heterocycles. The van der Waals surface area contributed by atoms with E-state index in [0.717, 1.165) is 37.0 Å². The Morgan fingerprint density at radius 2 is 2.06 bits per heavy atom. The zero-order valence-electron chi connectivity index (χ0n) is 18.5. The Morgan fingerprint density at radius 1 is 1.22 bits per heavy atom. The van der Waals surface area contributed by atoms with Gasteiger partial charge in [-0.15, -0.1) is 0 Å². The van der Waals surface area contributed by atoms with Crippen molar-refractivity contribution in [1.29, 1.82) is 0 Å². The number of benzene rings is 1. The normalized spacial score (nSPS) is 17.6. The highest BCUT2D eigenvalue weighted by Gasteiger charge is 2.29. The minimum absolute atomic E-state index is 0.00573. The Kier molecular flexibility index (Phi) is 5.47. The summed E-state index contributed by atoms with van der Waals surface area (Å²) in [5.41, 5.74) is 6.00. The highest BCUT2D eigenvalue weighted by atomic mass is 16.2. The number of piperidine rings is 1. The molecular formula is C25H28N6O. The molecule has 5 rings (SSSR count). The van der Waals surface area contributed by atoms with Crippen molar-refractivity contribution in [3.8, 4) is 11.1 Å². The van der Waals surface area contributed by atoms with Crippen LogP contribution in [0.5, 0.6) is 0 Å². The van der Waals surface area contributed by atoms with E-state index in [-0.39, 0.29) is 17.9 Å². The average Bonchev–Trinajstić information content (AvgIpc) is 3.48. The first-order valence-electron chi connectivity index (χ1n) is 11.2. The van der Waals surface area contributed by atoms with Gasteiger partial charge in [0.05, 0.1) is 6.04 Å². The van der Waals surface area contributed by atoms with Crippen molar-refractivity contribution in [2.45, 2.75) is 45.1 Å². The van der Waals surface area contributed by atoms with Crippen molar-refractivity contribution in [2.24, 2.45) is 0 Å². The number of carbonyl (C=O) groups excluding carboxylic acids is 1. The highest BCUT2D eigenvalue weighted by molar-refractivity contribution is 5.98. The first kappa shape index (κ1) is 20.4. The molecule has 4 aromatic rings. The average molecular weight is 429 g/mol. The number of carbonyl (C=O) groups is 1. The van der Waals surface area contributed by atoms with Gasteiger partial charge in [0.15, 0.2) is 0 Å². The molecule has 1 N–H and O–H groups in total. The molecule has 1 aromatic carbocycles. The summed E-state index contributed by atoms with van der Waals surface area (Å²) >= 11 is 0. The largest absolute Gasteiger partial charge is 0.358 e. The summed E-state index contributed by atoms with van der Waals surface area (Å²) in [4.78, 5) is 27.0. The number of aryl methyl sites for hydroxylation is 1. The number of nitrogens with zero attached hydrogens (tertiary/aromatic N) is 5. The summed E-state index contributed by atoms with van der Waals surface area (Å²) in [6.07, 6.45) is 9.36. The molecule has 2 atom stereocenters. The molecule has 0 bridgehead atoms. The van der Waals surface area contributed by atoms with E-state index < -0.39 is 0 Å². The number of H-pyrrole nitrogens is 1. The number of rotatable bonds is 5. The van der Waals surface area contributed by atoms with Gasteiger partial charge in [-0.25, -0.2) is 9.67 Å². The van der Waals surface area contributed by atoms with E-state index >= 15 is 0 Å². The van der Waals surface area contributed by atoms with E-state index in [2.05, 4.69) is 57.3 Å². The summed E-state index contributed by atoms with van der Waals surface area (Å²) in [7, 11) is 0. The van der Waals surface area contributed by atoms with Gasteiger partial charge < -0.3 is 9.88 Å². The first-order chi connectivity index (χ1) is 15.6. The second-order valence-corrected chi connectivity index (χ2v) is 8.81. The highest BCUT2D eigenvalue weighted by Crippen LogP contribution is 2.39. The van der Waals surface area contributed by atoms with Crippen molar-refractivity contribution < 1.29 is 4.79 Å². The topological polar surface area (TPSA) is 79.7 Å². The van der Waals surface area contributed by atoms with Gasteiger partial charge in [-0.3, -0.25) is 9.78 Å². The zero-order valence-corrected chi connectivity index (χ0v) is 18.5. The molecule has 0 aliphatic carbocycles. The van der Waals surface area contributed by atoms with Gasteiger partial charge in [-0.1, -0.05) is 11.6 Å². The molecule has 0 spiro atoms. The van der Waals surface area contributed by atoms with E-state index in [9.17, 15) is 4.79 Å². The number of amides is 1. The molecule has 4 heterocycles. The van der Waals surface area contributed by atoms with Crippen LogP contribution in [0.4, 0.5) is 0 Å². The number of aromatic amines is 1. The summed E-state index contributed by atoms with van der Waals surface area (Å²) in [5, 5.41) is 5.41. The maximum Gasteiger partial charge on any atom is 0.224 e. The van der Waals surface area contributed by atoms with Crippen LogP contribution in [-0.4, -0.2) is 48.6 Å². The summed E-state index contributed by atoms with van der Waals surface area (Å²) in [6, 6.07) is 10.7. The van der Waals surface area contributed by atoms with Crippen LogP contribution in [0.2, 0.25) is 0 Å². The molecule has 7 heteroatoms. The molecule has 32 heavy (non-hydrogen) atoms. The lowest BCUT2D eigenvalue weighted by molar-refractivity contribution is -0.133. The Bertz CT molecular complexity index is 1210. The molecule has 0 unspecified atom stereocenters. The molecule has 1 amide bonds. The number of pyridine rings is 1. The third-order valence-electron chi connectivity index (χ3n) is 6.49. The number of hydrogen-bond donors (Lipinski definition) is 1. The second kappa shape index (κ2) is 8.57. The summed E-state index contributed by atoms with van der Waals surface area (Å²) in [6.45, 7) is 5.67. The molecule has 1 saturated heterocycles. The Morgan fingerprint density at radius 3 is 2.84 bits per heavy atom. The number of nitrogens with one attached hydrogen (secondary N) is 1. The molecule has 7 nitrogen and oxygen atoms in total. The van der Waals surface area contributed by atoms with Gasteiger partial charge in [0.2, 0.25) is 5.91 Å². The van der Waals surface area contributed by atoms with E-state index in [0.29, 0.717) is 6.42 Å². The third kappa shape index (κ3) is 3.90. The number of likely N-dealkylation sites (tertiary alicyclic amines) is 1. The fourth-order valence-electron chi connectivity index (χ4n) is 4.82. The van der Waals surface area contributed by atoms with Gasteiger partial charge >= 0.3 is 0 Å². The van der Waals surface area contributed by atoms with Crippen molar-refractivity contribution in [2.75, 3.05) is 13.1 Å². The molecule has 3 aromatic heterocycles. The van der Waals surface area contributed by atoms with Gasteiger partial charge in [-0.2, -0.15) is 5.10 Å². The standard InChI is InChI=1S/C25H28N6O/c1-17-5-6-22-21(12-17)24(19-7-9-26-10-8-19)25(29-22)20-4-3-11-30(14-20)23(32)13-18(2)31-16-27-15-28-31/h5-10,12,15-16,18,20,29H,3-4,11,13-14H2,1-2H3/t18-,20+/m0/s1. The van der Waals surface area contributed by atoms with Crippen LogP contribution in [-0.2, 0) is 4.79 Å². The fourth-order valence-corrected chi connectivity index (χ4v) is 4.82. The van der Waals surface area contributed by atoms with E-state index in [1.54, 1.807) is 11.0 Å². The quantitative estimate of drug-likeness (QED) is 0.508.